The highest BCUT2D eigenvalue weighted by molar-refractivity contribution is 8.00. The highest BCUT2D eigenvalue weighted by Crippen LogP contribution is 2.42. The van der Waals surface area contributed by atoms with Gasteiger partial charge in [-0.2, -0.15) is 8.42 Å². The molecule has 0 saturated carbocycles. The second-order valence-electron chi connectivity index (χ2n) is 2.98. The van der Waals surface area contributed by atoms with Crippen LogP contribution in [0, 0.1) is 0 Å². The fourth-order valence-corrected chi connectivity index (χ4v) is 2.11. The summed E-state index contributed by atoms with van der Waals surface area (Å²) in [5.74, 6) is 0. The summed E-state index contributed by atoms with van der Waals surface area (Å²) in [4.78, 5) is 2.67. The molecule has 96 valence electrons. The molecule has 1 heterocycles. The van der Waals surface area contributed by atoms with Crippen molar-refractivity contribution in [1.82, 2.24) is 0 Å². The highest BCUT2D eigenvalue weighted by Gasteiger charge is 2.25. The summed E-state index contributed by atoms with van der Waals surface area (Å²) >= 11 is 1.26. The third-order valence-electron chi connectivity index (χ3n) is 1.85. The summed E-state index contributed by atoms with van der Waals surface area (Å²) in [7, 11) is -3.06. The molecule has 5 nitrogen and oxygen atoms in total. The smallest absolute Gasteiger partial charge is 0.335 e. The molecule has 0 aliphatic carbocycles. The van der Waals surface area contributed by atoms with Crippen molar-refractivity contribution in [3.8, 4) is 0 Å². The van der Waals surface area contributed by atoms with Crippen molar-refractivity contribution < 1.29 is 26.3 Å². The Kier molecular flexibility index (Phi) is 4.69. The van der Waals surface area contributed by atoms with E-state index in [0.29, 0.717) is 0 Å². The van der Waals surface area contributed by atoms with E-state index in [-0.39, 0.29) is 0 Å². The van der Waals surface area contributed by atoms with Crippen LogP contribution in [0.4, 0.5) is 14.6 Å². The number of hydrogen-bond acceptors (Lipinski definition) is 5. The number of alkyl halides is 1. The number of rotatable bonds is 1. The van der Waals surface area contributed by atoms with E-state index in [1.807, 2.05) is 28.7 Å². The Morgan fingerprint density at radius 3 is 2.47 bits per heavy atom. The molecule has 1 N–H and O–H groups in total. The van der Waals surface area contributed by atoms with E-state index in [2.05, 4.69) is 0 Å². The molecule has 0 fully saturated rings. The van der Waals surface area contributed by atoms with Gasteiger partial charge in [-0.05, 0) is 21.0 Å². The molecular weight excluding hydrogens is 276 g/mol. The summed E-state index contributed by atoms with van der Waals surface area (Å²) in [6.45, 7) is 0. The molecule has 0 spiro atoms. The Balaban J connectivity index is 0.000000209. The average molecular weight is 285 g/mol. The van der Waals surface area contributed by atoms with Crippen LogP contribution in [-0.4, -0.2) is 25.6 Å². The molecule has 2 rings (SSSR count). The molecule has 17 heavy (non-hydrogen) atoms. The van der Waals surface area contributed by atoms with Gasteiger partial charge >= 0.3 is 10.4 Å². The van der Waals surface area contributed by atoms with Crippen LogP contribution in [0.2, 0.25) is 0 Å². The van der Waals surface area contributed by atoms with Crippen LogP contribution in [0.15, 0.2) is 29.2 Å². The van der Waals surface area contributed by atoms with Gasteiger partial charge in [0.2, 0.25) is 5.63 Å². The van der Waals surface area contributed by atoms with Crippen molar-refractivity contribution in [2.45, 2.75) is 10.5 Å². The van der Waals surface area contributed by atoms with E-state index < -0.39 is 16.0 Å². The molecule has 9 heteroatoms. The van der Waals surface area contributed by atoms with Crippen molar-refractivity contribution in [1.29, 1.82) is 0 Å². The number of hydrogen-bond donors (Lipinski definition) is 1. The quantitative estimate of drug-likeness (QED) is 0.630. The van der Waals surface area contributed by atoms with Gasteiger partial charge < -0.3 is 4.90 Å². The molecule has 0 bridgehead atoms. The molecule has 1 aromatic rings. The van der Waals surface area contributed by atoms with Crippen LogP contribution >= 0.6 is 11.8 Å². The SMILES string of the molecule is CN1c2ccccc2SC1F.O=S(=O)(O)OF. The standard InChI is InChI=1S/C8H8FNS.FHO4S/c1-10-6-4-2-3-5-7(6)11-8(10)9;1-5-6(2,3)4/h2-5,8H,1H3;(H,2,3,4). The first kappa shape index (κ1) is 14.2. The molecule has 1 aliphatic rings. The summed E-state index contributed by atoms with van der Waals surface area (Å²) in [5, 5.41) is 0. The molecule has 1 aromatic carbocycles. The predicted molar refractivity (Wildman–Crippen MR) is 59.3 cm³/mol. The third-order valence-corrected chi connectivity index (χ3v) is 3.12. The van der Waals surface area contributed by atoms with Gasteiger partial charge in [-0.3, -0.25) is 4.55 Å². The molecule has 1 unspecified atom stereocenters. The Morgan fingerprint density at radius 2 is 2.00 bits per heavy atom. The molecule has 0 saturated heterocycles. The Labute approximate surface area is 101 Å². The number of halogens is 2. The predicted octanol–water partition coefficient (Wildman–Crippen LogP) is 2.17. The molecule has 1 atom stereocenters. The van der Waals surface area contributed by atoms with Crippen molar-refractivity contribution in [3.05, 3.63) is 24.3 Å². The molecule has 0 radical (unpaired) electrons. The van der Waals surface area contributed by atoms with Gasteiger partial charge in [-0.1, -0.05) is 23.9 Å². The fourth-order valence-electron chi connectivity index (χ4n) is 1.14. The number of nitrogens with zero attached hydrogens (tertiary/aromatic N) is 1. The van der Waals surface area contributed by atoms with Crippen LogP contribution in [-0.2, 0) is 14.8 Å². The van der Waals surface area contributed by atoms with Gasteiger partial charge in [0, 0.05) is 11.9 Å². The number of para-hydroxylation sites is 1. The van der Waals surface area contributed by atoms with Crippen LogP contribution in [0.3, 0.4) is 0 Å². The maximum atomic E-state index is 13.0. The maximum absolute atomic E-state index is 13.0. The van der Waals surface area contributed by atoms with Crippen LogP contribution in [0.25, 0.3) is 0 Å². The van der Waals surface area contributed by atoms with Crippen LogP contribution in [0.5, 0.6) is 0 Å². The zero-order chi connectivity index (χ0) is 13.1. The summed E-state index contributed by atoms with van der Waals surface area (Å²) in [6.07, 6.45) is 0. The second-order valence-corrected chi connectivity index (χ2v) is 5.03. The van der Waals surface area contributed by atoms with E-state index in [0.717, 1.165) is 10.6 Å². The first-order valence-corrected chi connectivity index (χ1v) is 6.50. The number of anilines is 1. The lowest BCUT2D eigenvalue weighted by atomic mass is 10.3. The van der Waals surface area contributed by atoms with Crippen molar-refractivity contribution >= 4 is 27.8 Å². The average Bonchev–Trinajstić information content (AvgIpc) is 2.56. The van der Waals surface area contributed by atoms with Crippen LogP contribution < -0.4 is 4.90 Å². The third kappa shape index (κ3) is 4.11. The number of benzene rings is 1. The lowest BCUT2D eigenvalue weighted by Crippen LogP contribution is -2.19. The lowest BCUT2D eigenvalue weighted by molar-refractivity contribution is -0.0113. The fraction of sp³-hybridized carbons (Fsp3) is 0.250. The van der Waals surface area contributed by atoms with E-state index in [1.54, 1.807) is 11.9 Å². The number of thioether (sulfide) groups is 1. The Hall–Kier alpha value is -0.900. The lowest BCUT2D eigenvalue weighted by Gasteiger charge is -2.13. The normalized spacial score (nSPS) is 18.4. The monoisotopic (exact) mass is 285 g/mol. The van der Waals surface area contributed by atoms with E-state index in [9.17, 15) is 8.92 Å². The van der Waals surface area contributed by atoms with Crippen LogP contribution in [0.1, 0.15) is 0 Å². The van der Waals surface area contributed by atoms with Crippen molar-refractivity contribution in [2.24, 2.45) is 0 Å². The topological polar surface area (TPSA) is 66.8 Å². The Bertz CT molecular complexity index is 482. The van der Waals surface area contributed by atoms with Crippen molar-refractivity contribution in [2.75, 3.05) is 11.9 Å². The zero-order valence-electron chi connectivity index (χ0n) is 8.58. The van der Waals surface area contributed by atoms with Gasteiger partial charge in [-0.25, -0.2) is 4.39 Å². The maximum Gasteiger partial charge on any atom is 0.428 e. The summed E-state index contributed by atoms with van der Waals surface area (Å²) < 4.78 is 50.2. The van der Waals surface area contributed by atoms with Gasteiger partial charge in [0.1, 0.15) is 0 Å². The van der Waals surface area contributed by atoms with Gasteiger partial charge in [0.25, 0.3) is 0 Å². The minimum atomic E-state index is -4.83. The molecule has 0 amide bonds. The minimum absolute atomic E-state index is 0.910. The largest absolute Gasteiger partial charge is 0.428 e. The summed E-state index contributed by atoms with van der Waals surface area (Å²) in [6, 6.07) is 7.73. The van der Waals surface area contributed by atoms with Gasteiger partial charge in [-0.15, -0.1) is 0 Å². The molecule has 1 aliphatic heterocycles. The zero-order valence-corrected chi connectivity index (χ0v) is 10.2. The van der Waals surface area contributed by atoms with E-state index in [1.165, 1.54) is 11.8 Å². The van der Waals surface area contributed by atoms with Crippen molar-refractivity contribution in [3.63, 3.8) is 0 Å². The molecular formula is C8H9F2NO4S2. The number of fused-ring (bicyclic) bond motifs is 1. The van der Waals surface area contributed by atoms with Gasteiger partial charge in [0.15, 0.2) is 0 Å². The minimum Gasteiger partial charge on any atom is -0.335 e. The Morgan fingerprint density at radius 1 is 1.47 bits per heavy atom. The van der Waals surface area contributed by atoms with Gasteiger partial charge in [0.05, 0.1) is 5.69 Å². The first-order valence-electron chi connectivity index (χ1n) is 4.25. The van der Waals surface area contributed by atoms with E-state index >= 15 is 0 Å². The second kappa shape index (κ2) is 5.63. The molecule has 0 aromatic heterocycles. The van der Waals surface area contributed by atoms with E-state index in [4.69, 9.17) is 13.0 Å². The highest BCUT2D eigenvalue weighted by atomic mass is 32.3. The first-order chi connectivity index (χ1) is 7.85. The summed E-state index contributed by atoms with van der Waals surface area (Å²) in [5.41, 5.74) is 0.0809.